The Bertz CT molecular complexity index is 866. The van der Waals surface area contributed by atoms with E-state index in [4.69, 9.17) is 0 Å². The number of aromatic carboxylic acids is 1. The monoisotopic (exact) mass is 427 g/mol. The van der Waals surface area contributed by atoms with Crippen molar-refractivity contribution in [2.24, 2.45) is 5.92 Å². The smallest absolute Gasteiger partial charge is 0.336 e. The van der Waals surface area contributed by atoms with Gasteiger partial charge in [-0.05, 0) is 31.2 Å². The summed E-state index contributed by atoms with van der Waals surface area (Å²) >= 11 is 0. The summed E-state index contributed by atoms with van der Waals surface area (Å²) in [7, 11) is 0. The first-order valence-electron chi connectivity index (χ1n) is 11.4. The number of carboxylic acid groups (broad SMARTS) is 1. The molecule has 1 amide bonds. The molecule has 168 valence electrons. The van der Waals surface area contributed by atoms with E-state index in [1.54, 1.807) is 10.9 Å². The van der Waals surface area contributed by atoms with Crippen LogP contribution >= 0.6 is 0 Å². The molecule has 0 spiro atoms. The van der Waals surface area contributed by atoms with Crippen molar-refractivity contribution >= 4 is 11.9 Å². The zero-order valence-corrected chi connectivity index (χ0v) is 18.4. The number of nitrogens with zero attached hydrogens (tertiary/aromatic N) is 5. The van der Waals surface area contributed by atoms with E-state index in [1.165, 1.54) is 37.7 Å². The van der Waals surface area contributed by atoms with Gasteiger partial charge in [0.1, 0.15) is 5.69 Å². The van der Waals surface area contributed by atoms with Gasteiger partial charge in [0.25, 0.3) is 0 Å². The summed E-state index contributed by atoms with van der Waals surface area (Å²) in [6.07, 6.45) is 14.3. The van der Waals surface area contributed by atoms with Crippen molar-refractivity contribution in [1.29, 1.82) is 0 Å². The second-order valence-electron chi connectivity index (χ2n) is 8.42. The Kier molecular flexibility index (Phi) is 8.55. The zero-order chi connectivity index (χ0) is 22.1. The molecular formula is C23H33N5O3. The second-order valence-corrected chi connectivity index (χ2v) is 8.42. The highest BCUT2D eigenvalue weighted by atomic mass is 16.4. The Balaban J connectivity index is 1.58. The molecule has 1 N–H and O–H groups in total. The van der Waals surface area contributed by atoms with E-state index in [0.29, 0.717) is 30.1 Å². The molecule has 3 rings (SSSR count). The molecule has 8 nitrogen and oxygen atoms in total. The average Bonchev–Trinajstić information content (AvgIpc) is 3.10. The maximum atomic E-state index is 12.7. The van der Waals surface area contributed by atoms with Crippen LogP contribution in [0.1, 0.15) is 75.1 Å². The molecule has 0 radical (unpaired) electrons. The molecule has 3 heterocycles. The number of rotatable bonds is 10. The van der Waals surface area contributed by atoms with Gasteiger partial charge in [0.05, 0.1) is 11.8 Å². The second kappa shape index (κ2) is 11.6. The number of carboxylic acids is 1. The van der Waals surface area contributed by atoms with E-state index in [-0.39, 0.29) is 11.5 Å². The van der Waals surface area contributed by atoms with Crippen molar-refractivity contribution in [2.45, 2.75) is 71.3 Å². The van der Waals surface area contributed by atoms with Gasteiger partial charge in [-0.3, -0.25) is 14.5 Å². The van der Waals surface area contributed by atoms with Crippen LogP contribution in [-0.2, 0) is 11.3 Å². The van der Waals surface area contributed by atoms with Crippen LogP contribution in [0.4, 0.5) is 0 Å². The first-order chi connectivity index (χ1) is 15.1. The molecule has 2 aromatic rings. The third-order valence-corrected chi connectivity index (χ3v) is 5.93. The number of amides is 1. The first-order valence-corrected chi connectivity index (χ1v) is 11.4. The lowest BCUT2D eigenvalue weighted by molar-refractivity contribution is -0.131. The lowest BCUT2D eigenvalue weighted by Gasteiger charge is -2.24. The van der Waals surface area contributed by atoms with Gasteiger partial charge in [-0.1, -0.05) is 44.2 Å². The molecule has 1 aliphatic heterocycles. The highest BCUT2D eigenvalue weighted by molar-refractivity contribution is 5.94. The van der Waals surface area contributed by atoms with Crippen molar-refractivity contribution in [3.63, 3.8) is 0 Å². The Hall–Kier alpha value is -2.77. The molecule has 31 heavy (non-hydrogen) atoms. The maximum absolute atomic E-state index is 12.7. The van der Waals surface area contributed by atoms with E-state index < -0.39 is 5.97 Å². The van der Waals surface area contributed by atoms with Crippen molar-refractivity contribution in [1.82, 2.24) is 24.9 Å². The van der Waals surface area contributed by atoms with E-state index in [0.717, 1.165) is 45.2 Å². The van der Waals surface area contributed by atoms with E-state index >= 15 is 0 Å². The fraction of sp³-hybridized carbons (Fsp3) is 0.609. The number of likely N-dealkylation sites (tertiary alicyclic amines) is 1. The number of pyridine rings is 1. The largest absolute Gasteiger partial charge is 0.478 e. The van der Waals surface area contributed by atoms with E-state index in [1.807, 2.05) is 4.90 Å². The molecule has 1 unspecified atom stereocenters. The summed E-state index contributed by atoms with van der Waals surface area (Å²) in [6.45, 7) is 4.44. The van der Waals surface area contributed by atoms with Gasteiger partial charge >= 0.3 is 5.97 Å². The van der Waals surface area contributed by atoms with Crippen molar-refractivity contribution < 1.29 is 14.7 Å². The van der Waals surface area contributed by atoms with Gasteiger partial charge in [0, 0.05) is 44.0 Å². The summed E-state index contributed by atoms with van der Waals surface area (Å²) < 4.78 is 1.76. The summed E-state index contributed by atoms with van der Waals surface area (Å²) in [5, 5.41) is 17.8. The molecule has 0 bridgehead atoms. The Morgan fingerprint density at radius 3 is 2.84 bits per heavy atom. The third-order valence-electron chi connectivity index (χ3n) is 5.93. The quantitative estimate of drug-likeness (QED) is 0.575. The van der Waals surface area contributed by atoms with Gasteiger partial charge in [0.2, 0.25) is 5.91 Å². The third kappa shape index (κ3) is 6.60. The number of hydrogen-bond donors (Lipinski definition) is 1. The van der Waals surface area contributed by atoms with Crippen molar-refractivity contribution in [3.05, 3.63) is 30.2 Å². The highest BCUT2D eigenvalue weighted by Gasteiger charge is 2.23. The summed E-state index contributed by atoms with van der Waals surface area (Å²) in [4.78, 5) is 30.2. The number of unbranched alkanes of at least 4 members (excludes halogenated alkanes) is 4. The summed E-state index contributed by atoms with van der Waals surface area (Å²) in [5.74, 6) is -0.433. The van der Waals surface area contributed by atoms with Gasteiger partial charge in [-0.2, -0.15) is 0 Å². The van der Waals surface area contributed by atoms with Gasteiger partial charge in [-0.25, -0.2) is 4.79 Å². The van der Waals surface area contributed by atoms with Crippen LogP contribution in [0, 0.1) is 5.92 Å². The number of carbonyl (C=O) groups excluding carboxylic acids is 1. The minimum absolute atomic E-state index is 0.159. The summed E-state index contributed by atoms with van der Waals surface area (Å²) in [5.41, 5.74) is 1.12. The van der Waals surface area contributed by atoms with Gasteiger partial charge in [-0.15, -0.1) is 5.10 Å². The molecule has 1 fully saturated rings. The SMILES string of the molecule is CCCCCCCC(=O)N1CCCCC(Cn2cc(-c3cnccc3C(=O)O)nn2)C1. The molecule has 1 saturated heterocycles. The molecule has 0 saturated carbocycles. The Morgan fingerprint density at radius 1 is 1.19 bits per heavy atom. The highest BCUT2D eigenvalue weighted by Crippen LogP contribution is 2.23. The van der Waals surface area contributed by atoms with Crippen molar-refractivity contribution in [3.8, 4) is 11.3 Å². The van der Waals surface area contributed by atoms with Gasteiger partial charge in [0.15, 0.2) is 0 Å². The molecule has 0 aromatic carbocycles. The number of carbonyl (C=O) groups is 2. The zero-order valence-electron chi connectivity index (χ0n) is 18.4. The van der Waals surface area contributed by atoms with Crippen LogP contribution in [0.3, 0.4) is 0 Å². The molecule has 1 aliphatic rings. The average molecular weight is 428 g/mol. The fourth-order valence-corrected chi connectivity index (χ4v) is 4.20. The van der Waals surface area contributed by atoms with Crippen LogP contribution < -0.4 is 0 Å². The van der Waals surface area contributed by atoms with Crippen LogP contribution in [-0.4, -0.2) is 55.0 Å². The normalized spacial score (nSPS) is 16.8. The Morgan fingerprint density at radius 2 is 2.03 bits per heavy atom. The fourth-order valence-electron chi connectivity index (χ4n) is 4.20. The summed E-state index contributed by atoms with van der Waals surface area (Å²) in [6, 6.07) is 1.47. The lowest BCUT2D eigenvalue weighted by Crippen LogP contribution is -2.35. The standard InChI is InChI=1S/C23H33N5O3/c1-2-3-4-5-6-10-22(29)27-13-8-7-9-18(15-27)16-28-17-21(25-26-28)20-14-24-12-11-19(20)23(30)31/h11-12,14,17-18H,2-10,13,15-16H2,1H3,(H,30,31). The number of aromatic nitrogens is 4. The maximum Gasteiger partial charge on any atom is 0.336 e. The molecule has 1 atom stereocenters. The first kappa shape index (κ1) is 22.9. The lowest BCUT2D eigenvalue weighted by atomic mass is 10.0. The van der Waals surface area contributed by atoms with Crippen LogP contribution in [0.2, 0.25) is 0 Å². The molecule has 2 aromatic heterocycles. The molecular weight excluding hydrogens is 394 g/mol. The van der Waals surface area contributed by atoms with Crippen LogP contribution in [0.15, 0.2) is 24.7 Å². The predicted octanol–water partition coefficient (Wildman–Crippen LogP) is 4.03. The van der Waals surface area contributed by atoms with E-state index in [9.17, 15) is 14.7 Å². The van der Waals surface area contributed by atoms with E-state index in [2.05, 4.69) is 22.2 Å². The van der Waals surface area contributed by atoms with Crippen molar-refractivity contribution in [2.75, 3.05) is 13.1 Å². The number of hydrogen-bond acceptors (Lipinski definition) is 5. The minimum atomic E-state index is -1.01. The van der Waals surface area contributed by atoms with Crippen LogP contribution in [0.25, 0.3) is 11.3 Å². The molecule has 8 heteroatoms. The van der Waals surface area contributed by atoms with Crippen LogP contribution in [0.5, 0.6) is 0 Å². The topological polar surface area (TPSA) is 101 Å². The van der Waals surface area contributed by atoms with Gasteiger partial charge < -0.3 is 10.0 Å². The molecule has 0 aliphatic carbocycles. The minimum Gasteiger partial charge on any atom is -0.478 e. The predicted molar refractivity (Wildman–Crippen MR) is 118 cm³/mol. The Labute approximate surface area is 183 Å².